The van der Waals surface area contributed by atoms with Gasteiger partial charge in [-0.15, -0.1) is 0 Å². The van der Waals surface area contributed by atoms with Crippen LogP contribution in [0.3, 0.4) is 0 Å². The summed E-state index contributed by atoms with van der Waals surface area (Å²) in [6.07, 6.45) is 0. The topological polar surface area (TPSA) is 56.1 Å². The standard InChI is InChI=1S/C17H15ClFN3O/c1-11(12-3-5-14(18)6-4-12)22(2)17(23)21-16-8-7-15(19)9-13(16)10-20/h3-9,11H,1-2H3,(H,21,23). The van der Waals surface area contributed by atoms with Crippen molar-refractivity contribution in [2.75, 3.05) is 12.4 Å². The van der Waals surface area contributed by atoms with Gasteiger partial charge in [-0.05, 0) is 42.8 Å². The maximum Gasteiger partial charge on any atom is 0.322 e. The van der Waals surface area contributed by atoms with E-state index in [9.17, 15) is 9.18 Å². The summed E-state index contributed by atoms with van der Waals surface area (Å²) >= 11 is 5.86. The third-order valence-electron chi connectivity index (χ3n) is 3.60. The Hall–Kier alpha value is -2.58. The maximum absolute atomic E-state index is 13.1. The van der Waals surface area contributed by atoms with Crippen molar-refractivity contribution in [1.82, 2.24) is 4.90 Å². The van der Waals surface area contributed by atoms with E-state index < -0.39 is 11.8 Å². The Balaban J connectivity index is 2.14. The van der Waals surface area contributed by atoms with Gasteiger partial charge in [0, 0.05) is 12.1 Å². The number of carbonyl (C=O) groups is 1. The molecule has 0 aromatic heterocycles. The second kappa shape index (κ2) is 7.12. The van der Waals surface area contributed by atoms with Gasteiger partial charge in [-0.1, -0.05) is 23.7 Å². The summed E-state index contributed by atoms with van der Waals surface area (Å²) in [5, 5.41) is 12.3. The van der Waals surface area contributed by atoms with Gasteiger partial charge in [0.2, 0.25) is 0 Å². The molecule has 0 radical (unpaired) electrons. The normalized spacial score (nSPS) is 11.4. The van der Waals surface area contributed by atoms with Gasteiger partial charge in [0.05, 0.1) is 17.3 Å². The lowest BCUT2D eigenvalue weighted by atomic mass is 10.1. The minimum atomic E-state index is -0.526. The van der Waals surface area contributed by atoms with E-state index in [1.165, 1.54) is 17.0 Å². The zero-order valence-corrected chi connectivity index (χ0v) is 13.4. The van der Waals surface area contributed by atoms with Crippen LogP contribution in [0.1, 0.15) is 24.1 Å². The zero-order chi connectivity index (χ0) is 17.0. The van der Waals surface area contributed by atoms with Crippen LogP contribution in [0.15, 0.2) is 42.5 Å². The smallest absolute Gasteiger partial charge is 0.321 e. The molecule has 0 saturated carbocycles. The summed E-state index contributed by atoms with van der Waals surface area (Å²) in [4.78, 5) is 13.8. The molecule has 0 aliphatic rings. The van der Waals surface area contributed by atoms with Crippen molar-refractivity contribution in [3.05, 3.63) is 64.4 Å². The molecule has 6 heteroatoms. The van der Waals surface area contributed by atoms with E-state index >= 15 is 0 Å². The van der Waals surface area contributed by atoms with Crippen LogP contribution in [0.5, 0.6) is 0 Å². The highest BCUT2D eigenvalue weighted by Crippen LogP contribution is 2.22. The van der Waals surface area contributed by atoms with Gasteiger partial charge >= 0.3 is 6.03 Å². The van der Waals surface area contributed by atoms with Gasteiger partial charge in [-0.2, -0.15) is 5.26 Å². The monoisotopic (exact) mass is 331 g/mol. The van der Waals surface area contributed by atoms with E-state index in [1.807, 2.05) is 25.1 Å². The number of hydrogen-bond acceptors (Lipinski definition) is 2. The summed E-state index contributed by atoms with van der Waals surface area (Å²) in [7, 11) is 1.64. The van der Waals surface area contributed by atoms with Gasteiger partial charge < -0.3 is 10.2 Å². The quantitative estimate of drug-likeness (QED) is 0.895. The Morgan fingerprint density at radius 2 is 1.96 bits per heavy atom. The fraction of sp³-hybridized carbons (Fsp3) is 0.176. The predicted octanol–water partition coefficient (Wildman–Crippen LogP) is 4.58. The van der Waals surface area contributed by atoms with Crippen LogP contribution >= 0.6 is 11.6 Å². The summed E-state index contributed by atoms with van der Waals surface area (Å²) in [5.41, 5.74) is 1.27. The molecule has 2 amide bonds. The van der Waals surface area contributed by atoms with Gasteiger partial charge in [0.25, 0.3) is 0 Å². The molecular weight excluding hydrogens is 317 g/mol. The van der Waals surface area contributed by atoms with Crippen molar-refractivity contribution < 1.29 is 9.18 Å². The first-order valence-electron chi connectivity index (χ1n) is 6.91. The van der Waals surface area contributed by atoms with E-state index in [2.05, 4.69) is 5.32 Å². The average molecular weight is 332 g/mol. The molecule has 0 heterocycles. The van der Waals surface area contributed by atoms with Gasteiger partial charge in [0.15, 0.2) is 0 Å². The highest BCUT2D eigenvalue weighted by molar-refractivity contribution is 6.30. The fourth-order valence-corrected chi connectivity index (χ4v) is 2.19. The maximum atomic E-state index is 13.1. The molecule has 1 N–H and O–H groups in total. The Morgan fingerprint density at radius 1 is 1.30 bits per heavy atom. The van der Waals surface area contributed by atoms with Gasteiger partial charge in [0.1, 0.15) is 11.9 Å². The number of benzene rings is 2. The molecule has 0 saturated heterocycles. The Morgan fingerprint density at radius 3 is 2.57 bits per heavy atom. The van der Waals surface area contributed by atoms with Crippen molar-refractivity contribution >= 4 is 23.3 Å². The first-order chi connectivity index (χ1) is 10.9. The number of halogens is 2. The summed E-state index contributed by atoms with van der Waals surface area (Å²) < 4.78 is 13.1. The van der Waals surface area contributed by atoms with E-state index in [0.717, 1.165) is 11.6 Å². The molecule has 0 fully saturated rings. The van der Waals surface area contributed by atoms with Crippen LogP contribution in [-0.2, 0) is 0 Å². The SMILES string of the molecule is CC(c1ccc(Cl)cc1)N(C)C(=O)Nc1ccc(F)cc1C#N. The second-order valence-electron chi connectivity index (χ2n) is 5.07. The molecule has 0 bridgehead atoms. The van der Waals surface area contributed by atoms with Gasteiger partial charge in [-0.3, -0.25) is 0 Å². The van der Waals surface area contributed by atoms with E-state index in [0.29, 0.717) is 5.02 Å². The number of urea groups is 1. The molecule has 118 valence electrons. The number of nitrogens with one attached hydrogen (secondary N) is 1. The van der Waals surface area contributed by atoms with Crippen molar-refractivity contribution in [2.24, 2.45) is 0 Å². The first-order valence-corrected chi connectivity index (χ1v) is 7.29. The number of hydrogen-bond donors (Lipinski definition) is 1. The molecule has 0 spiro atoms. The van der Waals surface area contributed by atoms with Crippen molar-refractivity contribution in [1.29, 1.82) is 5.26 Å². The van der Waals surface area contributed by atoms with Crippen LogP contribution in [0.2, 0.25) is 5.02 Å². The van der Waals surface area contributed by atoms with Crippen LogP contribution in [0.4, 0.5) is 14.9 Å². The van der Waals surface area contributed by atoms with Crippen molar-refractivity contribution in [3.8, 4) is 6.07 Å². The van der Waals surface area contributed by atoms with E-state index in [1.54, 1.807) is 19.2 Å². The number of amides is 2. The Labute approximate surface area is 139 Å². The first kappa shape index (κ1) is 16.8. The summed E-state index contributed by atoms with van der Waals surface area (Å²) in [6, 6.07) is 12.1. The molecular formula is C17H15ClFN3O. The summed E-state index contributed by atoms with van der Waals surface area (Å²) in [5.74, 6) is -0.526. The lowest BCUT2D eigenvalue weighted by molar-refractivity contribution is 0.208. The Kier molecular flexibility index (Phi) is 5.20. The lowest BCUT2D eigenvalue weighted by Gasteiger charge is -2.26. The molecule has 2 aromatic carbocycles. The molecule has 4 nitrogen and oxygen atoms in total. The minimum absolute atomic E-state index is 0.0749. The highest BCUT2D eigenvalue weighted by Gasteiger charge is 2.18. The largest absolute Gasteiger partial charge is 0.322 e. The van der Waals surface area contributed by atoms with E-state index in [4.69, 9.17) is 16.9 Å². The zero-order valence-electron chi connectivity index (χ0n) is 12.7. The number of nitrogens with zero attached hydrogens (tertiary/aromatic N) is 2. The van der Waals surface area contributed by atoms with E-state index in [-0.39, 0.29) is 17.3 Å². The number of anilines is 1. The summed E-state index contributed by atoms with van der Waals surface area (Å²) in [6.45, 7) is 1.87. The third kappa shape index (κ3) is 3.99. The molecule has 23 heavy (non-hydrogen) atoms. The predicted molar refractivity (Wildman–Crippen MR) is 87.8 cm³/mol. The molecule has 1 atom stereocenters. The van der Waals surface area contributed by atoms with Crippen molar-refractivity contribution in [3.63, 3.8) is 0 Å². The number of rotatable bonds is 3. The van der Waals surface area contributed by atoms with Crippen LogP contribution in [-0.4, -0.2) is 18.0 Å². The van der Waals surface area contributed by atoms with Gasteiger partial charge in [-0.25, -0.2) is 9.18 Å². The molecule has 0 aliphatic heterocycles. The van der Waals surface area contributed by atoms with Crippen molar-refractivity contribution in [2.45, 2.75) is 13.0 Å². The molecule has 1 unspecified atom stereocenters. The fourth-order valence-electron chi connectivity index (χ4n) is 2.06. The highest BCUT2D eigenvalue weighted by atomic mass is 35.5. The average Bonchev–Trinajstić information content (AvgIpc) is 2.55. The molecule has 2 aromatic rings. The number of carbonyl (C=O) groups excluding carboxylic acids is 1. The van der Waals surface area contributed by atoms with Crippen LogP contribution < -0.4 is 5.32 Å². The van der Waals surface area contributed by atoms with Crippen LogP contribution in [0, 0.1) is 17.1 Å². The molecule has 0 aliphatic carbocycles. The Bertz CT molecular complexity index is 755. The third-order valence-corrected chi connectivity index (χ3v) is 3.85. The van der Waals surface area contributed by atoms with Crippen LogP contribution in [0.25, 0.3) is 0 Å². The molecule has 2 rings (SSSR count). The lowest BCUT2D eigenvalue weighted by Crippen LogP contribution is -2.33. The second-order valence-corrected chi connectivity index (χ2v) is 5.51. The number of nitriles is 1. The minimum Gasteiger partial charge on any atom is -0.321 e.